The maximum Gasteiger partial charge on any atom is 0.237 e. The summed E-state index contributed by atoms with van der Waals surface area (Å²) in [6, 6.07) is 1.03. The van der Waals surface area contributed by atoms with E-state index in [4.69, 9.17) is 5.73 Å². The average molecular weight is 255 g/mol. The molecule has 1 aliphatic heterocycles. The van der Waals surface area contributed by atoms with Crippen molar-refractivity contribution >= 4 is 5.91 Å². The second-order valence-corrected chi connectivity index (χ2v) is 6.19. The molecule has 0 saturated carbocycles. The molecule has 3 N–H and O–H groups in total. The van der Waals surface area contributed by atoms with Crippen LogP contribution in [0.15, 0.2) is 0 Å². The number of primary amides is 1. The number of carbonyl (C=O) groups excluding carboxylic acids is 1. The molecule has 0 aromatic heterocycles. The molecular formula is C14H29N3O. The molecule has 0 spiro atoms. The van der Waals surface area contributed by atoms with E-state index in [2.05, 4.69) is 31.0 Å². The van der Waals surface area contributed by atoms with E-state index in [0.717, 1.165) is 13.0 Å². The van der Waals surface area contributed by atoms with Gasteiger partial charge < -0.3 is 11.1 Å². The maximum absolute atomic E-state index is 11.6. The third kappa shape index (κ3) is 3.23. The zero-order valence-corrected chi connectivity index (χ0v) is 12.5. The van der Waals surface area contributed by atoms with E-state index in [0.29, 0.717) is 18.0 Å². The number of likely N-dealkylation sites (N-methyl/N-ethyl adjacent to an activating group) is 1. The minimum Gasteiger partial charge on any atom is -0.368 e. The molecule has 1 aliphatic rings. The van der Waals surface area contributed by atoms with Gasteiger partial charge in [0.1, 0.15) is 0 Å². The SMILES string of the molecule is CNC(C)(CC(C)N1CCCC1C(C)C)C(N)=O. The summed E-state index contributed by atoms with van der Waals surface area (Å²) in [6.45, 7) is 9.80. The summed E-state index contributed by atoms with van der Waals surface area (Å²) in [6.07, 6.45) is 3.30. The van der Waals surface area contributed by atoms with Gasteiger partial charge in [-0.15, -0.1) is 0 Å². The van der Waals surface area contributed by atoms with Crippen molar-refractivity contribution in [1.29, 1.82) is 0 Å². The zero-order chi connectivity index (χ0) is 13.9. The van der Waals surface area contributed by atoms with Gasteiger partial charge in [0, 0.05) is 12.1 Å². The fourth-order valence-corrected chi connectivity index (χ4v) is 3.11. The summed E-state index contributed by atoms with van der Waals surface area (Å²) in [5, 5.41) is 3.08. The standard InChI is InChI=1S/C14H29N3O/c1-10(2)12-7-6-8-17(12)11(3)9-14(4,16-5)13(15)18/h10-12,16H,6-9H2,1-5H3,(H2,15,18). The first-order valence-electron chi connectivity index (χ1n) is 7.06. The van der Waals surface area contributed by atoms with Crippen LogP contribution in [-0.4, -0.2) is 42.0 Å². The minimum absolute atomic E-state index is 0.267. The van der Waals surface area contributed by atoms with Crippen LogP contribution >= 0.6 is 0 Å². The van der Waals surface area contributed by atoms with Gasteiger partial charge in [-0.25, -0.2) is 0 Å². The van der Waals surface area contributed by atoms with E-state index in [-0.39, 0.29) is 5.91 Å². The van der Waals surface area contributed by atoms with Crippen LogP contribution in [0, 0.1) is 5.92 Å². The Labute approximate surface area is 111 Å². The molecule has 1 rings (SSSR count). The van der Waals surface area contributed by atoms with Crippen LogP contribution in [0.1, 0.15) is 47.0 Å². The van der Waals surface area contributed by atoms with Crippen LogP contribution in [0.2, 0.25) is 0 Å². The van der Waals surface area contributed by atoms with E-state index >= 15 is 0 Å². The first-order valence-corrected chi connectivity index (χ1v) is 7.06. The predicted molar refractivity (Wildman–Crippen MR) is 75.3 cm³/mol. The van der Waals surface area contributed by atoms with E-state index in [1.54, 1.807) is 7.05 Å². The average Bonchev–Trinajstić information content (AvgIpc) is 2.77. The highest BCUT2D eigenvalue weighted by atomic mass is 16.1. The van der Waals surface area contributed by atoms with Crippen LogP contribution in [0.3, 0.4) is 0 Å². The molecule has 0 aromatic carbocycles. The van der Waals surface area contributed by atoms with Crippen molar-refractivity contribution in [2.45, 2.75) is 64.6 Å². The summed E-state index contributed by atoms with van der Waals surface area (Å²) >= 11 is 0. The van der Waals surface area contributed by atoms with Crippen molar-refractivity contribution in [3.05, 3.63) is 0 Å². The molecule has 4 nitrogen and oxygen atoms in total. The number of nitrogens with zero attached hydrogens (tertiary/aromatic N) is 1. The van der Waals surface area contributed by atoms with Gasteiger partial charge in [-0.05, 0) is 52.6 Å². The first kappa shape index (κ1) is 15.4. The minimum atomic E-state index is -0.608. The van der Waals surface area contributed by atoms with Crippen LogP contribution in [0.25, 0.3) is 0 Å². The summed E-state index contributed by atoms with van der Waals surface area (Å²) in [7, 11) is 1.81. The van der Waals surface area contributed by atoms with Crippen molar-refractivity contribution in [2.75, 3.05) is 13.6 Å². The first-order chi connectivity index (χ1) is 8.31. The van der Waals surface area contributed by atoms with Crippen LogP contribution in [0.5, 0.6) is 0 Å². The van der Waals surface area contributed by atoms with E-state index in [9.17, 15) is 4.79 Å². The number of nitrogens with one attached hydrogen (secondary N) is 1. The fourth-order valence-electron chi connectivity index (χ4n) is 3.11. The summed E-state index contributed by atoms with van der Waals surface area (Å²) in [4.78, 5) is 14.1. The molecule has 3 unspecified atom stereocenters. The Morgan fingerprint density at radius 3 is 2.56 bits per heavy atom. The number of likely N-dealkylation sites (tertiary alicyclic amines) is 1. The van der Waals surface area contributed by atoms with Gasteiger partial charge in [0.05, 0.1) is 5.54 Å². The molecule has 1 saturated heterocycles. The number of rotatable bonds is 6. The van der Waals surface area contributed by atoms with Gasteiger partial charge in [0.2, 0.25) is 5.91 Å². The lowest BCUT2D eigenvalue weighted by molar-refractivity contribution is -0.124. The van der Waals surface area contributed by atoms with Crippen molar-refractivity contribution in [3.63, 3.8) is 0 Å². The Morgan fingerprint density at radius 1 is 1.50 bits per heavy atom. The molecule has 1 heterocycles. The van der Waals surface area contributed by atoms with Gasteiger partial charge in [0.25, 0.3) is 0 Å². The number of hydrogen-bond donors (Lipinski definition) is 2. The van der Waals surface area contributed by atoms with Gasteiger partial charge in [-0.1, -0.05) is 13.8 Å². The molecule has 0 bridgehead atoms. The lowest BCUT2D eigenvalue weighted by Gasteiger charge is -2.37. The smallest absolute Gasteiger partial charge is 0.237 e. The molecule has 18 heavy (non-hydrogen) atoms. The van der Waals surface area contributed by atoms with Crippen LogP contribution in [-0.2, 0) is 4.79 Å². The number of hydrogen-bond acceptors (Lipinski definition) is 3. The fraction of sp³-hybridized carbons (Fsp3) is 0.929. The van der Waals surface area contributed by atoms with Crippen molar-refractivity contribution in [2.24, 2.45) is 11.7 Å². The molecule has 1 fully saturated rings. The second-order valence-electron chi connectivity index (χ2n) is 6.19. The topological polar surface area (TPSA) is 58.4 Å². The largest absolute Gasteiger partial charge is 0.368 e. The van der Waals surface area contributed by atoms with Crippen molar-refractivity contribution in [1.82, 2.24) is 10.2 Å². The quantitative estimate of drug-likeness (QED) is 0.753. The van der Waals surface area contributed by atoms with Crippen molar-refractivity contribution in [3.8, 4) is 0 Å². The highest BCUT2D eigenvalue weighted by Crippen LogP contribution is 2.28. The number of nitrogens with two attached hydrogens (primary N) is 1. The molecule has 1 amide bonds. The predicted octanol–water partition coefficient (Wildman–Crippen LogP) is 1.35. The second kappa shape index (κ2) is 6.02. The Morgan fingerprint density at radius 2 is 2.11 bits per heavy atom. The summed E-state index contributed by atoms with van der Waals surface area (Å²) < 4.78 is 0. The Kier molecular flexibility index (Phi) is 5.17. The molecule has 4 heteroatoms. The highest BCUT2D eigenvalue weighted by molar-refractivity contribution is 5.84. The lowest BCUT2D eigenvalue weighted by atomic mass is 9.91. The van der Waals surface area contributed by atoms with E-state index in [1.807, 2.05) is 6.92 Å². The van der Waals surface area contributed by atoms with Crippen molar-refractivity contribution < 1.29 is 4.79 Å². The number of amides is 1. The molecule has 106 valence electrons. The third-order valence-corrected chi connectivity index (χ3v) is 4.48. The normalized spacial score (nSPS) is 26.2. The van der Waals surface area contributed by atoms with Gasteiger partial charge in [-0.2, -0.15) is 0 Å². The maximum atomic E-state index is 11.6. The van der Waals surface area contributed by atoms with Crippen LogP contribution in [0.4, 0.5) is 0 Å². The zero-order valence-electron chi connectivity index (χ0n) is 12.5. The molecule has 0 radical (unpaired) electrons. The summed E-state index contributed by atoms with van der Waals surface area (Å²) in [5.74, 6) is 0.404. The highest BCUT2D eigenvalue weighted by Gasteiger charge is 2.36. The van der Waals surface area contributed by atoms with Gasteiger partial charge >= 0.3 is 0 Å². The Balaban J connectivity index is 2.69. The third-order valence-electron chi connectivity index (χ3n) is 4.48. The Bertz CT molecular complexity index is 293. The molecule has 0 aromatic rings. The Hall–Kier alpha value is -0.610. The monoisotopic (exact) mass is 255 g/mol. The lowest BCUT2D eigenvalue weighted by Crippen LogP contribution is -2.55. The van der Waals surface area contributed by atoms with E-state index in [1.165, 1.54) is 12.8 Å². The van der Waals surface area contributed by atoms with Gasteiger partial charge in [-0.3, -0.25) is 9.69 Å². The molecule has 3 atom stereocenters. The van der Waals surface area contributed by atoms with E-state index < -0.39 is 5.54 Å². The summed E-state index contributed by atoms with van der Waals surface area (Å²) in [5.41, 5.74) is 4.90. The number of carbonyl (C=O) groups is 1. The molecular weight excluding hydrogens is 226 g/mol. The van der Waals surface area contributed by atoms with Crippen LogP contribution < -0.4 is 11.1 Å². The van der Waals surface area contributed by atoms with Gasteiger partial charge in [0.15, 0.2) is 0 Å². The molecule has 0 aliphatic carbocycles.